The van der Waals surface area contributed by atoms with Gasteiger partial charge in [0.15, 0.2) is 0 Å². The number of amides is 1. The van der Waals surface area contributed by atoms with E-state index in [2.05, 4.69) is 6.07 Å². The van der Waals surface area contributed by atoms with Crippen molar-refractivity contribution in [2.75, 3.05) is 0 Å². The Morgan fingerprint density at radius 1 is 1.31 bits per heavy atom. The molecule has 0 fully saturated rings. The van der Waals surface area contributed by atoms with Gasteiger partial charge in [-0.25, -0.2) is 0 Å². The van der Waals surface area contributed by atoms with E-state index in [1.54, 1.807) is 12.1 Å². The van der Waals surface area contributed by atoms with Crippen LogP contribution in [0.5, 0.6) is 0 Å². The fourth-order valence-electron chi connectivity index (χ4n) is 1.70. The van der Waals surface area contributed by atoms with Gasteiger partial charge in [-0.05, 0) is 30.2 Å². The number of aryl methyl sites for hydroxylation is 1. The van der Waals surface area contributed by atoms with Crippen molar-refractivity contribution < 1.29 is 4.79 Å². The van der Waals surface area contributed by atoms with E-state index in [9.17, 15) is 4.79 Å². The second-order valence-corrected chi connectivity index (χ2v) is 3.71. The highest BCUT2D eigenvalue weighted by Crippen LogP contribution is 2.23. The smallest absolute Gasteiger partial charge is 0.249 e. The average Bonchev–Trinajstić information content (AvgIpc) is 2.29. The molecule has 0 aliphatic rings. The van der Waals surface area contributed by atoms with Gasteiger partial charge in [-0.15, -0.1) is 0 Å². The van der Waals surface area contributed by atoms with Crippen LogP contribution in [0.25, 0.3) is 11.1 Å². The maximum absolute atomic E-state index is 11.3. The van der Waals surface area contributed by atoms with Crippen molar-refractivity contribution in [2.45, 2.75) is 6.92 Å². The summed E-state index contributed by atoms with van der Waals surface area (Å²) >= 11 is 0. The molecule has 0 unspecified atom stereocenters. The molecular weight excluding hydrogens is 198 g/mol. The number of carbonyl (C=O) groups is 1. The average molecular weight is 210 g/mol. The molecule has 79 valence electrons. The van der Waals surface area contributed by atoms with Crippen LogP contribution < -0.4 is 5.73 Å². The molecule has 0 bridgehead atoms. The third kappa shape index (κ3) is 1.96. The summed E-state index contributed by atoms with van der Waals surface area (Å²) in [6, 6.07) is 16.1. The zero-order valence-electron chi connectivity index (χ0n) is 9.03. The number of hydrogen-bond acceptors (Lipinski definition) is 1. The van der Waals surface area contributed by atoms with Crippen LogP contribution in [-0.2, 0) is 0 Å². The zero-order valence-corrected chi connectivity index (χ0v) is 9.03. The van der Waals surface area contributed by atoms with E-state index in [-0.39, 0.29) is 0 Å². The molecule has 2 nitrogen and oxygen atoms in total. The maximum Gasteiger partial charge on any atom is 0.249 e. The molecular formula is C14H12NO. The first-order valence-electron chi connectivity index (χ1n) is 5.05. The molecule has 2 aromatic carbocycles. The lowest BCUT2D eigenvalue weighted by Crippen LogP contribution is -2.12. The van der Waals surface area contributed by atoms with Crippen LogP contribution in [-0.4, -0.2) is 5.91 Å². The van der Waals surface area contributed by atoms with Crippen LogP contribution in [0.1, 0.15) is 15.9 Å². The molecule has 1 amide bonds. The lowest BCUT2D eigenvalue weighted by atomic mass is 9.98. The molecule has 1 radical (unpaired) electrons. The van der Waals surface area contributed by atoms with Gasteiger partial charge in [0.05, 0.1) is 0 Å². The summed E-state index contributed by atoms with van der Waals surface area (Å²) in [6.45, 7) is 2.02. The lowest BCUT2D eigenvalue weighted by Gasteiger charge is -2.07. The van der Waals surface area contributed by atoms with E-state index >= 15 is 0 Å². The number of primary amides is 1. The number of nitrogens with two attached hydrogens (primary N) is 1. The Bertz CT molecular complexity index is 532. The third-order valence-electron chi connectivity index (χ3n) is 2.46. The van der Waals surface area contributed by atoms with Crippen LogP contribution in [0.15, 0.2) is 42.5 Å². The molecule has 0 atom stereocenters. The van der Waals surface area contributed by atoms with Crippen molar-refractivity contribution in [1.29, 1.82) is 0 Å². The van der Waals surface area contributed by atoms with Crippen LogP contribution in [0.4, 0.5) is 0 Å². The third-order valence-corrected chi connectivity index (χ3v) is 2.46. The van der Waals surface area contributed by atoms with Gasteiger partial charge >= 0.3 is 0 Å². The first-order valence-corrected chi connectivity index (χ1v) is 5.05. The summed E-state index contributed by atoms with van der Waals surface area (Å²) in [6.07, 6.45) is 0. The highest BCUT2D eigenvalue weighted by molar-refractivity contribution is 5.99. The summed E-state index contributed by atoms with van der Waals surface area (Å²) in [5.74, 6) is -0.423. The van der Waals surface area contributed by atoms with Crippen molar-refractivity contribution in [2.24, 2.45) is 5.73 Å². The minimum Gasteiger partial charge on any atom is -0.366 e. The number of rotatable bonds is 2. The van der Waals surface area contributed by atoms with Crippen LogP contribution in [0.2, 0.25) is 0 Å². The van der Waals surface area contributed by atoms with E-state index in [1.165, 1.54) is 0 Å². The van der Waals surface area contributed by atoms with E-state index in [0.29, 0.717) is 5.56 Å². The molecule has 2 aromatic rings. The number of hydrogen-bond donors (Lipinski definition) is 1. The summed E-state index contributed by atoms with van der Waals surface area (Å²) in [4.78, 5) is 11.3. The standard InChI is InChI=1S/C14H12NO/c1-10-5-4-6-11(9-10)12-7-2-3-8-13(12)14(15)16/h2,4-9H,1H3,(H2,15,16). The highest BCUT2D eigenvalue weighted by Gasteiger charge is 2.08. The Kier molecular flexibility index (Phi) is 2.73. The van der Waals surface area contributed by atoms with Gasteiger partial charge in [0.2, 0.25) is 5.91 Å². The molecule has 0 spiro atoms. The Balaban J connectivity index is 2.60. The fourth-order valence-corrected chi connectivity index (χ4v) is 1.70. The zero-order chi connectivity index (χ0) is 11.5. The van der Waals surface area contributed by atoms with Gasteiger partial charge in [-0.3, -0.25) is 4.79 Å². The molecule has 2 N–H and O–H groups in total. The quantitative estimate of drug-likeness (QED) is 0.813. The molecule has 16 heavy (non-hydrogen) atoms. The summed E-state index contributed by atoms with van der Waals surface area (Å²) in [5, 5.41) is 0. The first kappa shape index (κ1) is 10.4. The molecule has 2 heteroatoms. The van der Waals surface area contributed by atoms with Gasteiger partial charge in [0, 0.05) is 5.56 Å². The first-order chi connectivity index (χ1) is 7.68. The van der Waals surface area contributed by atoms with Gasteiger partial charge in [0.1, 0.15) is 0 Å². The van der Waals surface area contributed by atoms with Gasteiger partial charge in [-0.1, -0.05) is 42.0 Å². The van der Waals surface area contributed by atoms with Crippen molar-refractivity contribution in [1.82, 2.24) is 0 Å². The van der Waals surface area contributed by atoms with Gasteiger partial charge < -0.3 is 5.73 Å². The summed E-state index contributed by atoms with van der Waals surface area (Å²) < 4.78 is 0. The molecule has 0 saturated heterocycles. The summed E-state index contributed by atoms with van der Waals surface area (Å²) in [7, 11) is 0. The SMILES string of the molecule is Cc1cccc(-c2cc[c]cc2C(N)=O)c1. The van der Waals surface area contributed by atoms with Crippen molar-refractivity contribution >= 4 is 5.91 Å². The predicted molar refractivity (Wildman–Crippen MR) is 64.0 cm³/mol. The molecule has 0 aliphatic heterocycles. The Labute approximate surface area is 94.7 Å². The van der Waals surface area contributed by atoms with Crippen LogP contribution in [0.3, 0.4) is 0 Å². The second-order valence-electron chi connectivity index (χ2n) is 3.71. The van der Waals surface area contributed by atoms with Gasteiger partial charge in [-0.2, -0.15) is 0 Å². The maximum atomic E-state index is 11.3. The molecule has 0 saturated carbocycles. The minimum absolute atomic E-state index is 0.423. The normalized spacial score (nSPS) is 10.1. The Hall–Kier alpha value is -2.09. The van der Waals surface area contributed by atoms with Crippen molar-refractivity contribution in [3.8, 4) is 11.1 Å². The summed E-state index contributed by atoms with van der Waals surface area (Å²) in [5.41, 5.74) is 8.85. The van der Waals surface area contributed by atoms with Crippen molar-refractivity contribution in [3.63, 3.8) is 0 Å². The van der Waals surface area contributed by atoms with E-state index in [1.807, 2.05) is 37.3 Å². The second kappa shape index (κ2) is 4.19. The minimum atomic E-state index is -0.423. The van der Waals surface area contributed by atoms with E-state index in [4.69, 9.17) is 5.73 Å². The largest absolute Gasteiger partial charge is 0.366 e. The predicted octanol–water partition coefficient (Wildman–Crippen LogP) is 2.56. The number of benzene rings is 2. The molecule has 2 rings (SSSR count). The molecule has 0 aromatic heterocycles. The number of carbonyl (C=O) groups excluding carboxylic acids is 1. The topological polar surface area (TPSA) is 43.1 Å². The lowest BCUT2D eigenvalue weighted by molar-refractivity contribution is 0.100. The Morgan fingerprint density at radius 3 is 2.81 bits per heavy atom. The van der Waals surface area contributed by atoms with Gasteiger partial charge in [0.25, 0.3) is 0 Å². The monoisotopic (exact) mass is 210 g/mol. The van der Waals surface area contributed by atoms with E-state index < -0.39 is 5.91 Å². The van der Waals surface area contributed by atoms with Crippen LogP contribution in [0, 0.1) is 13.0 Å². The van der Waals surface area contributed by atoms with E-state index in [0.717, 1.165) is 16.7 Å². The van der Waals surface area contributed by atoms with Crippen molar-refractivity contribution in [3.05, 3.63) is 59.7 Å². The molecule has 0 heterocycles. The highest BCUT2D eigenvalue weighted by atomic mass is 16.1. The molecule has 0 aliphatic carbocycles. The fraction of sp³-hybridized carbons (Fsp3) is 0.0714. The van der Waals surface area contributed by atoms with Crippen LogP contribution >= 0.6 is 0 Å². The Morgan fingerprint density at radius 2 is 2.12 bits per heavy atom.